The molecule has 0 unspecified atom stereocenters. The number of hydrogen-bond acceptors (Lipinski definition) is 4. The minimum absolute atomic E-state index is 0.712. The summed E-state index contributed by atoms with van der Waals surface area (Å²) in [5, 5.41) is 1.21. The standard InChI is InChI=1S/C35H22N4S/c1-3-9-24(10-4-1)29-21-30(25-11-5-2-6-12-25)37-34(36-29)26-17-15-23(16-18-26)27-19-20-32-38-33-28-13-7-8-14-31(28)40-35(33)39(32)22-27/h1-22H. The smallest absolute Gasteiger partial charge is 0.160 e. The Morgan fingerprint density at radius 3 is 1.80 bits per heavy atom. The highest BCUT2D eigenvalue weighted by atomic mass is 32.1. The Labute approximate surface area is 234 Å². The Bertz CT molecular complexity index is 2090. The summed E-state index contributed by atoms with van der Waals surface area (Å²) in [5.74, 6) is 0.712. The molecule has 4 heterocycles. The lowest BCUT2D eigenvalue weighted by Gasteiger charge is -2.10. The molecular weight excluding hydrogens is 508 g/mol. The van der Waals surface area contributed by atoms with Gasteiger partial charge in [0.25, 0.3) is 0 Å². The molecule has 0 saturated carbocycles. The van der Waals surface area contributed by atoms with Crippen LogP contribution in [0.2, 0.25) is 0 Å². The first-order valence-electron chi connectivity index (χ1n) is 13.2. The fourth-order valence-corrected chi connectivity index (χ4v) is 6.35. The number of benzene rings is 4. The molecule has 0 aliphatic rings. The lowest BCUT2D eigenvalue weighted by atomic mass is 10.0. The Balaban J connectivity index is 1.20. The first kappa shape index (κ1) is 22.8. The molecule has 0 bridgehead atoms. The third kappa shape index (κ3) is 3.87. The van der Waals surface area contributed by atoms with E-state index >= 15 is 0 Å². The number of hydrogen-bond donors (Lipinski definition) is 0. The number of nitrogens with zero attached hydrogens (tertiary/aromatic N) is 4. The first-order chi connectivity index (χ1) is 19.8. The van der Waals surface area contributed by atoms with Crippen LogP contribution in [0.1, 0.15) is 0 Å². The highest BCUT2D eigenvalue weighted by molar-refractivity contribution is 7.25. The van der Waals surface area contributed by atoms with Crippen molar-refractivity contribution in [3.63, 3.8) is 0 Å². The minimum Gasteiger partial charge on any atom is -0.290 e. The van der Waals surface area contributed by atoms with Crippen molar-refractivity contribution in [1.29, 1.82) is 0 Å². The van der Waals surface area contributed by atoms with Crippen molar-refractivity contribution in [3.8, 4) is 45.0 Å². The Morgan fingerprint density at radius 1 is 0.500 bits per heavy atom. The van der Waals surface area contributed by atoms with Crippen molar-refractivity contribution >= 4 is 37.4 Å². The molecule has 0 amide bonds. The maximum absolute atomic E-state index is 4.97. The maximum atomic E-state index is 4.97. The van der Waals surface area contributed by atoms with Crippen LogP contribution in [-0.4, -0.2) is 19.4 Å². The fraction of sp³-hybridized carbons (Fsp3) is 0. The number of fused-ring (bicyclic) bond motifs is 5. The van der Waals surface area contributed by atoms with Gasteiger partial charge in [-0.2, -0.15) is 0 Å². The Kier molecular flexibility index (Phi) is 5.28. The van der Waals surface area contributed by atoms with E-state index in [1.165, 1.54) is 14.9 Å². The minimum atomic E-state index is 0.712. The zero-order chi connectivity index (χ0) is 26.5. The van der Waals surface area contributed by atoms with Crippen LogP contribution in [0.25, 0.3) is 71.1 Å². The zero-order valence-electron chi connectivity index (χ0n) is 21.4. The third-order valence-electron chi connectivity index (χ3n) is 7.27. The van der Waals surface area contributed by atoms with Gasteiger partial charge in [0.05, 0.1) is 11.4 Å². The summed E-state index contributed by atoms with van der Waals surface area (Å²) in [6.45, 7) is 0. The molecule has 188 valence electrons. The quantitative estimate of drug-likeness (QED) is 0.228. The summed E-state index contributed by atoms with van der Waals surface area (Å²) in [5.41, 5.74) is 9.25. The molecule has 5 heteroatoms. The molecule has 0 aliphatic heterocycles. The lowest BCUT2D eigenvalue weighted by Crippen LogP contribution is -1.96. The van der Waals surface area contributed by atoms with Crippen LogP contribution in [0.4, 0.5) is 0 Å². The van der Waals surface area contributed by atoms with Crippen LogP contribution < -0.4 is 0 Å². The number of imidazole rings is 1. The first-order valence-corrected chi connectivity index (χ1v) is 14.0. The maximum Gasteiger partial charge on any atom is 0.160 e. The predicted molar refractivity (Wildman–Crippen MR) is 165 cm³/mol. The normalized spacial score (nSPS) is 11.5. The van der Waals surface area contributed by atoms with Crippen molar-refractivity contribution in [3.05, 3.63) is 134 Å². The second-order valence-electron chi connectivity index (χ2n) is 9.78. The SMILES string of the molecule is c1ccc(-c2cc(-c3ccccc3)nc(-c3ccc(-c4ccc5nc6c7ccccc7sc6n5c4)cc3)n2)cc1. The van der Waals surface area contributed by atoms with Crippen LogP contribution in [0, 0.1) is 0 Å². The van der Waals surface area contributed by atoms with E-state index in [9.17, 15) is 0 Å². The number of aromatic nitrogens is 4. The molecular formula is C35H22N4S. The van der Waals surface area contributed by atoms with E-state index in [4.69, 9.17) is 15.0 Å². The molecule has 4 aromatic heterocycles. The average molecular weight is 531 g/mol. The molecule has 4 nitrogen and oxygen atoms in total. The number of rotatable bonds is 4. The van der Waals surface area contributed by atoms with Gasteiger partial charge in [-0.05, 0) is 35.4 Å². The number of thiophene rings is 1. The average Bonchev–Trinajstić information content (AvgIpc) is 3.58. The molecule has 0 spiro atoms. The van der Waals surface area contributed by atoms with Gasteiger partial charge >= 0.3 is 0 Å². The van der Waals surface area contributed by atoms with Gasteiger partial charge in [-0.15, -0.1) is 11.3 Å². The van der Waals surface area contributed by atoms with Crippen molar-refractivity contribution in [2.75, 3.05) is 0 Å². The molecule has 4 aromatic carbocycles. The van der Waals surface area contributed by atoms with Crippen molar-refractivity contribution in [2.24, 2.45) is 0 Å². The summed E-state index contributed by atoms with van der Waals surface area (Å²) in [6, 6.07) is 43.9. The second kappa shape index (κ2) is 9.26. The van der Waals surface area contributed by atoms with Gasteiger partial charge in [-0.3, -0.25) is 4.40 Å². The summed E-state index contributed by atoms with van der Waals surface area (Å²) >= 11 is 1.78. The monoisotopic (exact) mass is 530 g/mol. The topological polar surface area (TPSA) is 43.1 Å². The summed E-state index contributed by atoms with van der Waals surface area (Å²) in [7, 11) is 0. The van der Waals surface area contributed by atoms with Crippen LogP contribution in [0.15, 0.2) is 134 Å². The van der Waals surface area contributed by atoms with E-state index in [-0.39, 0.29) is 0 Å². The highest BCUT2D eigenvalue weighted by Gasteiger charge is 2.14. The molecule has 0 atom stereocenters. The largest absolute Gasteiger partial charge is 0.290 e. The van der Waals surface area contributed by atoms with Gasteiger partial charge in [0, 0.05) is 33.0 Å². The molecule has 8 aromatic rings. The van der Waals surface area contributed by atoms with Gasteiger partial charge in [-0.25, -0.2) is 15.0 Å². The van der Waals surface area contributed by atoms with Crippen LogP contribution in [0.5, 0.6) is 0 Å². The van der Waals surface area contributed by atoms with Crippen LogP contribution in [-0.2, 0) is 0 Å². The van der Waals surface area contributed by atoms with Crippen molar-refractivity contribution < 1.29 is 0 Å². The Hall–Kier alpha value is -5.13. The van der Waals surface area contributed by atoms with E-state index in [1.54, 1.807) is 11.3 Å². The lowest BCUT2D eigenvalue weighted by molar-refractivity contribution is 1.18. The zero-order valence-corrected chi connectivity index (χ0v) is 22.2. The summed E-state index contributed by atoms with van der Waals surface area (Å²) < 4.78 is 3.47. The van der Waals surface area contributed by atoms with E-state index < -0.39 is 0 Å². The van der Waals surface area contributed by atoms with Gasteiger partial charge in [0.15, 0.2) is 5.82 Å². The van der Waals surface area contributed by atoms with E-state index in [1.807, 2.05) is 36.4 Å². The predicted octanol–water partition coefficient (Wildman–Crippen LogP) is 9.16. The summed E-state index contributed by atoms with van der Waals surface area (Å²) in [6.07, 6.45) is 2.19. The molecule has 0 aliphatic carbocycles. The highest BCUT2D eigenvalue weighted by Crippen LogP contribution is 2.35. The molecule has 0 fully saturated rings. The van der Waals surface area contributed by atoms with Crippen molar-refractivity contribution in [2.45, 2.75) is 0 Å². The van der Waals surface area contributed by atoms with Crippen molar-refractivity contribution in [1.82, 2.24) is 19.4 Å². The van der Waals surface area contributed by atoms with E-state index in [2.05, 4.69) is 102 Å². The second-order valence-corrected chi connectivity index (χ2v) is 10.8. The molecule has 8 rings (SSSR count). The molecule has 0 saturated heterocycles. The molecule has 0 N–H and O–H groups in total. The van der Waals surface area contributed by atoms with Gasteiger partial charge in [0.2, 0.25) is 0 Å². The fourth-order valence-electron chi connectivity index (χ4n) is 5.22. The Morgan fingerprint density at radius 2 is 1.10 bits per heavy atom. The number of pyridine rings is 1. The van der Waals surface area contributed by atoms with Crippen LogP contribution >= 0.6 is 11.3 Å². The van der Waals surface area contributed by atoms with E-state index in [0.29, 0.717) is 5.82 Å². The van der Waals surface area contributed by atoms with Gasteiger partial charge < -0.3 is 0 Å². The van der Waals surface area contributed by atoms with Gasteiger partial charge in [-0.1, -0.05) is 103 Å². The van der Waals surface area contributed by atoms with E-state index in [0.717, 1.165) is 50.4 Å². The molecule has 0 radical (unpaired) electrons. The van der Waals surface area contributed by atoms with Gasteiger partial charge in [0.1, 0.15) is 16.0 Å². The van der Waals surface area contributed by atoms with Crippen LogP contribution in [0.3, 0.4) is 0 Å². The summed E-state index contributed by atoms with van der Waals surface area (Å²) in [4.78, 5) is 16.0. The third-order valence-corrected chi connectivity index (χ3v) is 8.42. The molecule has 40 heavy (non-hydrogen) atoms.